The van der Waals surface area contributed by atoms with Crippen LogP contribution in [0.1, 0.15) is 42.1 Å². The number of carbonyl (C=O) groups is 1. The van der Waals surface area contributed by atoms with E-state index in [2.05, 4.69) is 12.2 Å². The summed E-state index contributed by atoms with van der Waals surface area (Å²) in [5, 5.41) is 3.11. The topological polar surface area (TPSA) is 41.6 Å². The minimum absolute atomic E-state index is 0.104. The van der Waals surface area contributed by atoms with E-state index in [9.17, 15) is 4.79 Å². The summed E-state index contributed by atoms with van der Waals surface area (Å²) >= 11 is 0. The van der Waals surface area contributed by atoms with Gasteiger partial charge in [-0.25, -0.2) is 0 Å². The molecule has 1 aromatic carbocycles. The molecule has 1 aromatic rings. The van der Waals surface area contributed by atoms with E-state index in [1.807, 2.05) is 37.1 Å². The Labute approximate surface area is 127 Å². The zero-order valence-electron chi connectivity index (χ0n) is 13.3. The molecule has 2 rings (SSSR count). The van der Waals surface area contributed by atoms with Crippen LogP contribution in [0.5, 0.6) is 0 Å². The summed E-state index contributed by atoms with van der Waals surface area (Å²) in [5.74, 6) is 0.104. The van der Waals surface area contributed by atoms with Crippen molar-refractivity contribution in [1.82, 2.24) is 4.90 Å². The third-order valence-electron chi connectivity index (χ3n) is 3.90. The largest absolute Gasteiger partial charge is 0.387 e. The Kier molecular flexibility index (Phi) is 5.62. The summed E-state index contributed by atoms with van der Waals surface area (Å²) in [5.41, 5.74) is 2.75. The Bertz CT molecular complexity index is 488. The molecule has 1 heterocycles. The van der Waals surface area contributed by atoms with Crippen molar-refractivity contribution in [1.29, 1.82) is 0 Å². The second kappa shape index (κ2) is 7.46. The van der Waals surface area contributed by atoms with Crippen LogP contribution in [0.25, 0.3) is 0 Å². The number of rotatable bonds is 5. The van der Waals surface area contributed by atoms with Gasteiger partial charge < -0.3 is 15.0 Å². The van der Waals surface area contributed by atoms with Crippen LogP contribution in [-0.4, -0.2) is 43.7 Å². The minimum atomic E-state index is 0.104. The monoisotopic (exact) mass is 290 g/mol. The molecule has 4 heteroatoms. The molecule has 0 bridgehead atoms. The van der Waals surface area contributed by atoms with Gasteiger partial charge in [-0.2, -0.15) is 0 Å². The fourth-order valence-corrected chi connectivity index (χ4v) is 2.77. The molecular weight excluding hydrogens is 264 g/mol. The van der Waals surface area contributed by atoms with Gasteiger partial charge in [0.1, 0.15) is 0 Å². The number of hydrogen-bond donors (Lipinski definition) is 1. The van der Waals surface area contributed by atoms with Crippen LogP contribution in [0.3, 0.4) is 0 Å². The number of piperidine rings is 1. The highest BCUT2D eigenvalue weighted by Gasteiger charge is 2.26. The maximum Gasteiger partial charge on any atom is 0.256 e. The fraction of sp³-hybridized carbons (Fsp3) is 0.588. The molecule has 21 heavy (non-hydrogen) atoms. The Hall–Kier alpha value is -1.55. The van der Waals surface area contributed by atoms with Gasteiger partial charge in [0.25, 0.3) is 5.91 Å². The summed E-state index contributed by atoms with van der Waals surface area (Å²) < 4.78 is 5.82. The molecule has 1 N–H and O–H groups in total. The molecule has 1 fully saturated rings. The van der Waals surface area contributed by atoms with Crippen molar-refractivity contribution in [3.05, 3.63) is 29.3 Å². The van der Waals surface area contributed by atoms with Crippen LogP contribution in [0, 0.1) is 6.92 Å². The van der Waals surface area contributed by atoms with Crippen molar-refractivity contribution in [2.24, 2.45) is 0 Å². The third-order valence-corrected chi connectivity index (χ3v) is 3.90. The number of nitrogens with zero attached hydrogens (tertiary/aromatic N) is 1. The first-order chi connectivity index (χ1) is 10.2. The summed E-state index contributed by atoms with van der Waals surface area (Å²) in [6, 6.07) is 5.95. The highest BCUT2D eigenvalue weighted by Crippen LogP contribution is 2.22. The smallest absolute Gasteiger partial charge is 0.256 e. The van der Waals surface area contributed by atoms with E-state index in [0.717, 1.165) is 49.2 Å². The van der Waals surface area contributed by atoms with Gasteiger partial charge in [-0.05, 0) is 38.3 Å². The number of hydrogen-bond acceptors (Lipinski definition) is 3. The molecule has 0 radical (unpaired) electrons. The standard InChI is InChI=1S/C17H26N2O2/c1-4-10-21-14-6-5-9-19(12-14)17(20)15-11-13(2)7-8-16(15)18-3/h7-8,11,14,18H,4-6,9-10,12H2,1-3H3. The first-order valence-corrected chi connectivity index (χ1v) is 7.85. The molecule has 0 aromatic heterocycles. The van der Waals surface area contributed by atoms with Crippen LogP contribution >= 0.6 is 0 Å². The molecule has 0 aliphatic carbocycles. The average molecular weight is 290 g/mol. The highest BCUT2D eigenvalue weighted by molar-refractivity contribution is 5.99. The van der Waals surface area contributed by atoms with E-state index in [1.165, 1.54) is 0 Å². The Morgan fingerprint density at radius 1 is 1.48 bits per heavy atom. The number of carbonyl (C=O) groups excluding carboxylic acids is 1. The second-order valence-corrected chi connectivity index (χ2v) is 5.69. The first kappa shape index (κ1) is 15.8. The predicted octanol–water partition coefficient (Wildman–Crippen LogP) is 3.07. The number of aryl methyl sites for hydroxylation is 1. The van der Waals surface area contributed by atoms with Crippen molar-refractivity contribution in [2.75, 3.05) is 32.1 Å². The summed E-state index contributed by atoms with van der Waals surface area (Å²) in [6.07, 6.45) is 3.27. The predicted molar refractivity (Wildman–Crippen MR) is 85.9 cm³/mol. The van der Waals surface area contributed by atoms with Crippen LogP contribution in [0.15, 0.2) is 18.2 Å². The van der Waals surface area contributed by atoms with Gasteiger partial charge in [0.15, 0.2) is 0 Å². The zero-order valence-corrected chi connectivity index (χ0v) is 13.3. The van der Waals surface area contributed by atoms with Crippen molar-refractivity contribution in [3.8, 4) is 0 Å². The lowest BCUT2D eigenvalue weighted by Crippen LogP contribution is -2.43. The Morgan fingerprint density at radius 3 is 3.00 bits per heavy atom. The SMILES string of the molecule is CCCOC1CCCN(C(=O)c2cc(C)ccc2NC)C1. The molecular formula is C17H26N2O2. The number of likely N-dealkylation sites (tertiary alicyclic amines) is 1. The molecule has 1 aliphatic rings. The Morgan fingerprint density at radius 2 is 2.29 bits per heavy atom. The molecule has 4 nitrogen and oxygen atoms in total. The van der Waals surface area contributed by atoms with Gasteiger partial charge >= 0.3 is 0 Å². The lowest BCUT2D eigenvalue weighted by molar-refractivity contribution is 0.00214. The van der Waals surface area contributed by atoms with Crippen molar-refractivity contribution in [3.63, 3.8) is 0 Å². The molecule has 0 saturated carbocycles. The van der Waals surface area contributed by atoms with Crippen molar-refractivity contribution >= 4 is 11.6 Å². The van der Waals surface area contributed by atoms with E-state index in [0.29, 0.717) is 6.54 Å². The fourth-order valence-electron chi connectivity index (χ4n) is 2.77. The van der Waals surface area contributed by atoms with Crippen LogP contribution in [0.2, 0.25) is 0 Å². The van der Waals surface area contributed by atoms with Crippen LogP contribution < -0.4 is 5.32 Å². The molecule has 1 amide bonds. The Balaban J connectivity index is 2.10. The average Bonchev–Trinajstić information content (AvgIpc) is 2.52. The van der Waals surface area contributed by atoms with Gasteiger partial charge in [0, 0.05) is 32.4 Å². The normalized spacial score (nSPS) is 18.6. The van der Waals surface area contributed by atoms with Gasteiger partial charge in [-0.15, -0.1) is 0 Å². The van der Waals surface area contributed by atoms with E-state index in [-0.39, 0.29) is 12.0 Å². The summed E-state index contributed by atoms with van der Waals surface area (Å²) in [6.45, 7) is 6.42. The van der Waals surface area contributed by atoms with E-state index in [4.69, 9.17) is 4.74 Å². The number of amides is 1. The van der Waals surface area contributed by atoms with E-state index in [1.54, 1.807) is 0 Å². The lowest BCUT2D eigenvalue weighted by atomic mass is 10.0. The van der Waals surface area contributed by atoms with E-state index >= 15 is 0 Å². The molecule has 1 unspecified atom stereocenters. The van der Waals surface area contributed by atoms with Gasteiger partial charge in [0.2, 0.25) is 0 Å². The second-order valence-electron chi connectivity index (χ2n) is 5.69. The molecule has 116 valence electrons. The van der Waals surface area contributed by atoms with Crippen LogP contribution in [0.4, 0.5) is 5.69 Å². The molecule has 0 spiro atoms. The van der Waals surface area contributed by atoms with Gasteiger partial charge in [0.05, 0.1) is 11.7 Å². The van der Waals surface area contributed by atoms with Gasteiger partial charge in [-0.1, -0.05) is 18.6 Å². The van der Waals surface area contributed by atoms with E-state index < -0.39 is 0 Å². The third kappa shape index (κ3) is 3.97. The van der Waals surface area contributed by atoms with Crippen molar-refractivity contribution in [2.45, 2.75) is 39.2 Å². The number of ether oxygens (including phenoxy) is 1. The van der Waals surface area contributed by atoms with Gasteiger partial charge in [-0.3, -0.25) is 4.79 Å². The summed E-state index contributed by atoms with van der Waals surface area (Å²) in [4.78, 5) is 14.7. The maximum absolute atomic E-state index is 12.8. The molecule has 1 aliphatic heterocycles. The number of nitrogens with one attached hydrogen (secondary N) is 1. The minimum Gasteiger partial charge on any atom is -0.387 e. The van der Waals surface area contributed by atoms with Crippen molar-refractivity contribution < 1.29 is 9.53 Å². The summed E-state index contributed by atoms with van der Waals surface area (Å²) in [7, 11) is 1.85. The zero-order chi connectivity index (χ0) is 15.2. The maximum atomic E-state index is 12.8. The first-order valence-electron chi connectivity index (χ1n) is 7.85. The lowest BCUT2D eigenvalue weighted by Gasteiger charge is -2.33. The quantitative estimate of drug-likeness (QED) is 0.906. The molecule has 1 atom stereocenters. The number of benzene rings is 1. The molecule has 1 saturated heterocycles. The highest BCUT2D eigenvalue weighted by atomic mass is 16.5. The van der Waals surface area contributed by atoms with Crippen LogP contribution in [-0.2, 0) is 4.74 Å². The number of anilines is 1.